The van der Waals surface area contributed by atoms with Gasteiger partial charge in [0.05, 0.1) is 5.69 Å². The Bertz CT molecular complexity index is 690. The fourth-order valence-corrected chi connectivity index (χ4v) is 3.06. The van der Waals surface area contributed by atoms with Gasteiger partial charge < -0.3 is 14.7 Å². The van der Waals surface area contributed by atoms with E-state index in [0.29, 0.717) is 45.0 Å². The SMILES string of the molecule is Cc1cc(C(=O)N2CCN(CCN3C(=O)NC(C)(C)C3=O)CC2)on1. The van der Waals surface area contributed by atoms with E-state index < -0.39 is 5.54 Å². The van der Waals surface area contributed by atoms with Gasteiger partial charge in [0.15, 0.2) is 0 Å². The molecule has 0 aromatic carbocycles. The van der Waals surface area contributed by atoms with Crippen molar-refractivity contribution in [2.45, 2.75) is 26.3 Å². The highest BCUT2D eigenvalue weighted by Crippen LogP contribution is 2.16. The van der Waals surface area contributed by atoms with Gasteiger partial charge in [-0.1, -0.05) is 5.16 Å². The number of nitrogens with one attached hydrogen (secondary N) is 1. The molecule has 2 aliphatic rings. The van der Waals surface area contributed by atoms with Gasteiger partial charge in [-0.2, -0.15) is 0 Å². The maximum atomic E-state index is 12.3. The number of aromatic nitrogens is 1. The molecule has 2 aliphatic heterocycles. The van der Waals surface area contributed by atoms with E-state index in [9.17, 15) is 14.4 Å². The average Bonchev–Trinajstić information content (AvgIpc) is 3.08. The van der Waals surface area contributed by atoms with Gasteiger partial charge >= 0.3 is 6.03 Å². The summed E-state index contributed by atoms with van der Waals surface area (Å²) < 4.78 is 5.02. The van der Waals surface area contributed by atoms with Gasteiger partial charge in [0, 0.05) is 45.3 Å². The molecule has 3 heterocycles. The molecule has 0 saturated carbocycles. The number of rotatable bonds is 4. The first-order chi connectivity index (χ1) is 11.8. The highest BCUT2D eigenvalue weighted by molar-refractivity contribution is 6.06. The fraction of sp³-hybridized carbons (Fsp3) is 0.625. The molecule has 9 nitrogen and oxygen atoms in total. The van der Waals surface area contributed by atoms with Crippen LogP contribution in [0, 0.1) is 6.92 Å². The number of hydrogen-bond acceptors (Lipinski definition) is 6. The van der Waals surface area contributed by atoms with Crippen molar-refractivity contribution in [1.82, 2.24) is 25.2 Å². The molecule has 136 valence electrons. The van der Waals surface area contributed by atoms with E-state index in [1.165, 1.54) is 4.90 Å². The Labute approximate surface area is 145 Å². The Morgan fingerprint density at radius 3 is 2.44 bits per heavy atom. The van der Waals surface area contributed by atoms with Crippen molar-refractivity contribution in [3.8, 4) is 0 Å². The van der Waals surface area contributed by atoms with E-state index in [2.05, 4.69) is 15.4 Å². The number of urea groups is 1. The van der Waals surface area contributed by atoms with Gasteiger partial charge in [-0.05, 0) is 20.8 Å². The molecule has 1 aromatic rings. The summed E-state index contributed by atoms with van der Waals surface area (Å²) in [6.07, 6.45) is 0. The van der Waals surface area contributed by atoms with Crippen molar-refractivity contribution in [2.75, 3.05) is 39.3 Å². The number of hydrogen-bond donors (Lipinski definition) is 1. The highest BCUT2D eigenvalue weighted by atomic mass is 16.5. The van der Waals surface area contributed by atoms with Gasteiger partial charge in [0.25, 0.3) is 11.8 Å². The molecule has 1 N–H and O–H groups in total. The third-order valence-electron chi connectivity index (χ3n) is 4.58. The largest absolute Gasteiger partial charge is 0.351 e. The van der Waals surface area contributed by atoms with Crippen LogP contribution in [0.5, 0.6) is 0 Å². The lowest BCUT2D eigenvalue weighted by molar-refractivity contribution is -0.130. The smallest absolute Gasteiger partial charge is 0.325 e. The molecule has 4 amide bonds. The van der Waals surface area contributed by atoms with Crippen molar-refractivity contribution in [3.63, 3.8) is 0 Å². The summed E-state index contributed by atoms with van der Waals surface area (Å²) in [6, 6.07) is 1.29. The first-order valence-electron chi connectivity index (χ1n) is 8.37. The minimum atomic E-state index is -0.836. The number of carbonyl (C=O) groups is 3. The summed E-state index contributed by atoms with van der Waals surface area (Å²) in [7, 11) is 0. The molecule has 0 unspecified atom stereocenters. The summed E-state index contributed by atoms with van der Waals surface area (Å²) in [4.78, 5) is 41.5. The van der Waals surface area contributed by atoms with E-state index in [-0.39, 0.29) is 23.6 Å². The number of aryl methyl sites for hydroxylation is 1. The maximum Gasteiger partial charge on any atom is 0.325 e. The van der Waals surface area contributed by atoms with Gasteiger partial charge in [0.1, 0.15) is 5.54 Å². The lowest BCUT2D eigenvalue weighted by Gasteiger charge is -2.34. The normalized spacial score (nSPS) is 20.9. The molecule has 3 rings (SSSR count). The summed E-state index contributed by atoms with van der Waals surface area (Å²) >= 11 is 0. The van der Waals surface area contributed by atoms with Crippen LogP contribution in [0.25, 0.3) is 0 Å². The van der Waals surface area contributed by atoms with E-state index in [1.54, 1.807) is 31.7 Å². The molecular weight excluding hydrogens is 326 g/mol. The minimum absolute atomic E-state index is 0.156. The van der Waals surface area contributed by atoms with E-state index in [4.69, 9.17) is 4.52 Å². The molecule has 0 radical (unpaired) electrons. The van der Waals surface area contributed by atoms with Crippen molar-refractivity contribution in [2.24, 2.45) is 0 Å². The molecule has 0 atom stereocenters. The van der Waals surface area contributed by atoms with E-state index >= 15 is 0 Å². The monoisotopic (exact) mass is 349 g/mol. The van der Waals surface area contributed by atoms with Gasteiger partial charge in [-0.3, -0.25) is 19.4 Å². The van der Waals surface area contributed by atoms with Crippen molar-refractivity contribution < 1.29 is 18.9 Å². The molecule has 9 heteroatoms. The lowest BCUT2D eigenvalue weighted by atomic mass is 10.1. The third-order valence-corrected chi connectivity index (χ3v) is 4.58. The number of piperazine rings is 1. The van der Waals surface area contributed by atoms with Crippen LogP contribution in [0.3, 0.4) is 0 Å². The maximum absolute atomic E-state index is 12.3. The Morgan fingerprint density at radius 2 is 1.92 bits per heavy atom. The molecule has 2 saturated heterocycles. The standard InChI is InChI=1S/C16H23N5O4/c1-11-10-12(25-18-11)13(22)20-7-4-19(5-8-20)6-9-21-14(23)16(2,3)17-15(21)24/h10H,4-9H2,1-3H3,(H,17,24). The number of amides is 4. The first-order valence-corrected chi connectivity index (χ1v) is 8.37. The molecule has 0 spiro atoms. The van der Waals surface area contributed by atoms with Crippen molar-refractivity contribution >= 4 is 17.8 Å². The number of imide groups is 1. The van der Waals surface area contributed by atoms with Crippen molar-refractivity contribution in [3.05, 3.63) is 17.5 Å². The average molecular weight is 349 g/mol. The summed E-state index contributed by atoms with van der Waals surface area (Å²) in [5, 5.41) is 6.41. The summed E-state index contributed by atoms with van der Waals surface area (Å²) in [6.45, 7) is 8.63. The molecule has 1 aromatic heterocycles. The molecule has 0 aliphatic carbocycles. The Kier molecular flexibility index (Phi) is 4.51. The van der Waals surface area contributed by atoms with Crippen LogP contribution in [-0.2, 0) is 4.79 Å². The zero-order chi connectivity index (χ0) is 18.2. The van der Waals surface area contributed by atoms with Gasteiger partial charge in [-0.15, -0.1) is 0 Å². The van der Waals surface area contributed by atoms with Crippen LogP contribution in [0.4, 0.5) is 4.79 Å². The Hall–Kier alpha value is -2.42. The van der Waals surface area contributed by atoms with Crippen LogP contribution >= 0.6 is 0 Å². The van der Waals surface area contributed by atoms with Crippen LogP contribution in [0.15, 0.2) is 10.6 Å². The Balaban J connectivity index is 1.48. The molecule has 25 heavy (non-hydrogen) atoms. The van der Waals surface area contributed by atoms with Crippen molar-refractivity contribution in [1.29, 1.82) is 0 Å². The number of nitrogens with zero attached hydrogens (tertiary/aromatic N) is 4. The van der Waals surface area contributed by atoms with Crippen LogP contribution in [-0.4, -0.2) is 82.5 Å². The first kappa shape index (κ1) is 17.4. The fourth-order valence-electron chi connectivity index (χ4n) is 3.06. The zero-order valence-electron chi connectivity index (χ0n) is 14.7. The minimum Gasteiger partial charge on any atom is -0.351 e. The quantitative estimate of drug-likeness (QED) is 0.773. The lowest BCUT2D eigenvalue weighted by Crippen LogP contribution is -2.50. The second kappa shape index (κ2) is 6.47. The topological polar surface area (TPSA) is 99.0 Å². The van der Waals surface area contributed by atoms with Gasteiger partial charge in [0.2, 0.25) is 5.76 Å². The zero-order valence-corrected chi connectivity index (χ0v) is 14.7. The predicted octanol–water partition coefficient (Wildman–Crippen LogP) is 0.0712. The predicted molar refractivity (Wildman–Crippen MR) is 87.9 cm³/mol. The summed E-state index contributed by atoms with van der Waals surface area (Å²) in [5.41, 5.74) is -0.157. The summed E-state index contributed by atoms with van der Waals surface area (Å²) in [5.74, 6) is -0.101. The highest BCUT2D eigenvalue weighted by Gasteiger charge is 2.44. The van der Waals surface area contributed by atoms with E-state index in [0.717, 1.165) is 0 Å². The van der Waals surface area contributed by atoms with E-state index in [1.807, 2.05) is 0 Å². The van der Waals surface area contributed by atoms with Crippen LogP contribution in [0.2, 0.25) is 0 Å². The second-order valence-corrected chi connectivity index (χ2v) is 6.98. The number of carbonyl (C=O) groups excluding carboxylic acids is 3. The molecule has 0 bridgehead atoms. The second-order valence-electron chi connectivity index (χ2n) is 6.98. The van der Waals surface area contributed by atoms with Crippen LogP contribution in [0.1, 0.15) is 30.1 Å². The Morgan fingerprint density at radius 1 is 1.24 bits per heavy atom. The van der Waals surface area contributed by atoms with Gasteiger partial charge in [-0.25, -0.2) is 4.79 Å². The van der Waals surface area contributed by atoms with Crippen LogP contribution < -0.4 is 5.32 Å². The third kappa shape index (κ3) is 3.51. The molecular formula is C16H23N5O4. The molecule has 2 fully saturated rings.